The topological polar surface area (TPSA) is 122 Å². The largest absolute Gasteiger partial charge is 0.749 e. The third kappa shape index (κ3) is 3.32. The minimum absolute atomic E-state index is 0.110. The number of hydrogen-bond donors (Lipinski definition) is 1. The number of fused-ring (bicyclic) bond motifs is 1. The Kier molecular flexibility index (Phi) is 4.40. The van der Waals surface area contributed by atoms with Gasteiger partial charge in [-0.1, -0.05) is 6.07 Å². The summed E-state index contributed by atoms with van der Waals surface area (Å²) < 4.78 is 49.9. The van der Waals surface area contributed by atoms with Gasteiger partial charge < -0.3 is 10.3 Å². The molecule has 0 saturated carbocycles. The summed E-state index contributed by atoms with van der Waals surface area (Å²) in [6.45, 7) is 1.97. The second-order valence-corrected chi connectivity index (χ2v) is 8.30. The average molecular weight is 383 g/mol. The van der Waals surface area contributed by atoms with Crippen molar-refractivity contribution in [3.8, 4) is 10.6 Å². The fourth-order valence-corrected chi connectivity index (χ4v) is 4.72. The summed E-state index contributed by atoms with van der Waals surface area (Å²) >= 11 is -1.82. The number of hydrogen-bond acceptors (Lipinski definition) is 8. The molecule has 1 unspecified atom stereocenters. The molecule has 0 spiro atoms. The Bertz CT molecular complexity index is 1060. The lowest BCUT2D eigenvalue weighted by Crippen LogP contribution is -2.10. The SMILES string of the molecule is Cc1ccc2nc(-c3ccc(N)c(S(=O)(=O)OS(=O)[O-])c3)sc2c1. The van der Waals surface area contributed by atoms with Gasteiger partial charge >= 0.3 is 10.1 Å². The Morgan fingerprint density at radius 1 is 1.25 bits per heavy atom. The van der Waals surface area contributed by atoms with Crippen molar-refractivity contribution in [1.82, 2.24) is 4.98 Å². The lowest BCUT2D eigenvalue weighted by molar-refractivity contribution is 0.429. The summed E-state index contributed by atoms with van der Waals surface area (Å²) in [7, 11) is -4.52. The molecule has 10 heteroatoms. The first-order chi connectivity index (χ1) is 11.3. The smallest absolute Gasteiger partial charge is 0.311 e. The van der Waals surface area contributed by atoms with Crippen molar-refractivity contribution in [2.45, 2.75) is 11.8 Å². The van der Waals surface area contributed by atoms with Gasteiger partial charge in [0.05, 0.1) is 15.9 Å². The van der Waals surface area contributed by atoms with E-state index in [0.29, 0.717) is 10.6 Å². The number of nitrogens with two attached hydrogens (primary N) is 1. The monoisotopic (exact) mass is 383 g/mol. The lowest BCUT2D eigenvalue weighted by Gasteiger charge is -2.09. The van der Waals surface area contributed by atoms with Crippen LogP contribution in [-0.2, 0) is 25.1 Å². The summed E-state index contributed by atoms with van der Waals surface area (Å²) in [5, 5.41) is 0.593. The normalized spacial score (nSPS) is 13.2. The Balaban J connectivity index is 2.12. The third-order valence-electron chi connectivity index (χ3n) is 3.22. The van der Waals surface area contributed by atoms with Crippen molar-refractivity contribution < 1.29 is 20.8 Å². The Morgan fingerprint density at radius 3 is 2.71 bits per heavy atom. The number of benzene rings is 2. The summed E-state index contributed by atoms with van der Waals surface area (Å²) in [6.07, 6.45) is 0. The molecular weight excluding hydrogens is 372 g/mol. The van der Waals surface area contributed by atoms with Crippen LogP contribution in [0.2, 0.25) is 0 Å². The van der Waals surface area contributed by atoms with E-state index >= 15 is 0 Å². The maximum Gasteiger partial charge on any atom is 0.311 e. The van der Waals surface area contributed by atoms with Gasteiger partial charge in [-0.15, -0.1) is 11.3 Å². The number of thiazole rings is 1. The number of nitrogen functional groups attached to an aromatic ring is 1. The van der Waals surface area contributed by atoms with E-state index in [1.165, 1.54) is 23.5 Å². The van der Waals surface area contributed by atoms with Gasteiger partial charge in [0.25, 0.3) is 0 Å². The molecule has 0 amide bonds. The van der Waals surface area contributed by atoms with Crippen molar-refractivity contribution in [2.24, 2.45) is 0 Å². The third-order valence-corrected chi connectivity index (χ3v) is 6.34. The zero-order chi connectivity index (χ0) is 17.5. The van der Waals surface area contributed by atoms with Gasteiger partial charge in [0, 0.05) is 5.56 Å². The second-order valence-electron chi connectivity index (χ2n) is 4.97. The van der Waals surface area contributed by atoms with E-state index in [4.69, 9.17) is 5.73 Å². The van der Waals surface area contributed by atoms with E-state index in [1.54, 1.807) is 6.07 Å². The van der Waals surface area contributed by atoms with Crippen LogP contribution in [0.4, 0.5) is 5.69 Å². The van der Waals surface area contributed by atoms with Crippen LogP contribution in [0.3, 0.4) is 0 Å². The Morgan fingerprint density at radius 2 is 2.00 bits per heavy atom. The summed E-state index contributed by atoms with van der Waals surface area (Å²) in [6, 6.07) is 10.0. The molecule has 0 fully saturated rings. The van der Waals surface area contributed by atoms with Crippen LogP contribution in [-0.4, -0.2) is 22.2 Å². The first-order valence-electron chi connectivity index (χ1n) is 6.57. The fourth-order valence-electron chi connectivity index (χ4n) is 2.15. The maximum atomic E-state index is 12.0. The molecule has 1 heterocycles. The lowest BCUT2D eigenvalue weighted by atomic mass is 10.2. The van der Waals surface area contributed by atoms with Crippen LogP contribution in [0.5, 0.6) is 0 Å². The van der Waals surface area contributed by atoms with E-state index in [9.17, 15) is 17.2 Å². The molecule has 1 aromatic heterocycles. The second kappa shape index (κ2) is 6.22. The summed E-state index contributed by atoms with van der Waals surface area (Å²) in [4.78, 5) is 4.04. The average Bonchev–Trinajstić information content (AvgIpc) is 2.89. The van der Waals surface area contributed by atoms with Gasteiger partial charge in [-0.2, -0.15) is 12.0 Å². The molecule has 2 N–H and O–H groups in total. The molecule has 3 rings (SSSR count). The van der Waals surface area contributed by atoms with Crippen LogP contribution in [0.1, 0.15) is 5.56 Å². The standard InChI is InChI=1S/C14H12N2O5S3/c1-8-2-5-11-12(6-8)22-14(16-11)9-3-4-10(15)13(7-9)24(19,20)21-23(17)18/h2-7H,15H2,1H3,(H,17,18)/p-1. The molecule has 0 saturated heterocycles. The molecule has 24 heavy (non-hydrogen) atoms. The van der Waals surface area contributed by atoms with E-state index in [1.807, 2.05) is 25.1 Å². The van der Waals surface area contributed by atoms with Crippen LogP contribution in [0.25, 0.3) is 20.8 Å². The fraction of sp³-hybridized carbons (Fsp3) is 0.0714. The minimum atomic E-state index is -4.52. The van der Waals surface area contributed by atoms with Crippen LogP contribution in [0, 0.1) is 6.92 Å². The Hall–Kier alpha value is -1.85. The van der Waals surface area contributed by atoms with Crippen molar-refractivity contribution >= 4 is 48.7 Å². The minimum Gasteiger partial charge on any atom is -0.749 e. The van der Waals surface area contributed by atoms with Crippen LogP contribution >= 0.6 is 11.3 Å². The molecule has 126 valence electrons. The van der Waals surface area contributed by atoms with Crippen molar-refractivity contribution in [3.63, 3.8) is 0 Å². The molecular formula is C14H11N2O5S3-. The molecule has 7 nitrogen and oxygen atoms in total. The van der Waals surface area contributed by atoms with Gasteiger partial charge in [-0.25, -0.2) is 9.19 Å². The van der Waals surface area contributed by atoms with Crippen molar-refractivity contribution in [2.75, 3.05) is 5.73 Å². The first kappa shape index (κ1) is 17.0. The predicted octanol–water partition coefficient (Wildman–Crippen LogP) is 2.35. The quantitative estimate of drug-likeness (QED) is 0.542. The highest BCUT2D eigenvalue weighted by Crippen LogP contribution is 2.33. The van der Waals surface area contributed by atoms with Gasteiger partial charge in [-0.3, -0.25) is 0 Å². The van der Waals surface area contributed by atoms with Crippen LogP contribution < -0.4 is 5.73 Å². The van der Waals surface area contributed by atoms with E-state index < -0.39 is 26.4 Å². The van der Waals surface area contributed by atoms with E-state index in [2.05, 4.69) is 8.61 Å². The van der Waals surface area contributed by atoms with E-state index in [0.717, 1.165) is 15.8 Å². The molecule has 1 atom stereocenters. The zero-order valence-corrected chi connectivity index (χ0v) is 14.7. The Labute approximate surface area is 144 Å². The highest BCUT2D eigenvalue weighted by molar-refractivity contribution is 7.95. The summed E-state index contributed by atoms with van der Waals surface area (Å²) in [5.74, 6) is 0. The highest BCUT2D eigenvalue weighted by Gasteiger charge is 2.21. The van der Waals surface area contributed by atoms with Gasteiger partial charge in [0.1, 0.15) is 21.3 Å². The van der Waals surface area contributed by atoms with Gasteiger partial charge in [0.2, 0.25) is 0 Å². The van der Waals surface area contributed by atoms with Gasteiger partial charge in [0.15, 0.2) is 0 Å². The molecule has 0 aliphatic carbocycles. The highest BCUT2D eigenvalue weighted by atomic mass is 32.3. The summed E-state index contributed by atoms with van der Waals surface area (Å²) in [5.41, 5.74) is 7.92. The molecule has 3 aromatic rings. The van der Waals surface area contributed by atoms with E-state index in [-0.39, 0.29) is 5.69 Å². The number of nitrogens with zero attached hydrogens (tertiary/aromatic N) is 1. The number of aryl methyl sites for hydroxylation is 1. The number of anilines is 1. The maximum absolute atomic E-state index is 12.0. The van der Waals surface area contributed by atoms with Crippen LogP contribution in [0.15, 0.2) is 41.3 Å². The predicted molar refractivity (Wildman–Crippen MR) is 91.4 cm³/mol. The molecule has 0 aliphatic heterocycles. The molecule has 2 aromatic carbocycles. The van der Waals surface area contributed by atoms with Gasteiger partial charge in [-0.05, 0) is 42.8 Å². The molecule has 0 aliphatic rings. The zero-order valence-electron chi connectivity index (χ0n) is 12.3. The molecule has 0 radical (unpaired) electrons. The van der Waals surface area contributed by atoms with Crippen molar-refractivity contribution in [1.29, 1.82) is 0 Å². The first-order valence-corrected chi connectivity index (χ1v) is 9.80. The van der Waals surface area contributed by atoms with Crippen molar-refractivity contribution in [3.05, 3.63) is 42.0 Å². The number of rotatable bonds is 4. The molecule has 0 bridgehead atoms. The number of aromatic nitrogens is 1.